The minimum absolute atomic E-state index is 0.296. The summed E-state index contributed by atoms with van der Waals surface area (Å²) < 4.78 is 2.29. The second-order valence-electron chi connectivity index (χ2n) is 4.34. The third kappa shape index (κ3) is 3.82. The van der Waals surface area contributed by atoms with Gasteiger partial charge >= 0.3 is 5.69 Å². The highest BCUT2D eigenvalue weighted by molar-refractivity contribution is 7.16. The fourth-order valence-electron chi connectivity index (χ4n) is 1.83. The highest BCUT2D eigenvalue weighted by Gasteiger charge is 2.03. The fraction of sp³-hybridized carbons (Fsp3) is 0.385. The second-order valence-corrected chi connectivity index (χ2v) is 6.14. The molecule has 108 valence electrons. The van der Waals surface area contributed by atoms with E-state index >= 15 is 0 Å². The Bertz CT molecular complexity index is 689. The molecule has 2 N–H and O–H groups in total. The van der Waals surface area contributed by atoms with E-state index in [0.29, 0.717) is 25.1 Å². The van der Waals surface area contributed by atoms with Crippen molar-refractivity contribution in [3.63, 3.8) is 0 Å². The van der Waals surface area contributed by atoms with Crippen molar-refractivity contribution in [3.05, 3.63) is 53.9 Å². The lowest BCUT2D eigenvalue weighted by Gasteiger charge is -2.07. The number of H-pyrrole nitrogens is 1. The minimum Gasteiger partial charge on any atom is -0.310 e. The van der Waals surface area contributed by atoms with E-state index in [9.17, 15) is 9.59 Å². The van der Waals surface area contributed by atoms with Crippen LogP contribution >= 0.6 is 22.9 Å². The number of aromatic amines is 1. The maximum Gasteiger partial charge on any atom is 0.328 e. The Kier molecular flexibility index (Phi) is 5.17. The molecular weight excluding hydrogens is 298 g/mol. The molecule has 0 aliphatic heterocycles. The molecule has 0 saturated carbocycles. The maximum absolute atomic E-state index is 11.6. The van der Waals surface area contributed by atoms with Gasteiger partial charge in [-0.3, -0.25) is 14.3 Å². The van der Waals surface area contributed by atoms with E-state index in [0.717, 1.165) is 15.8 Å². The highest BCUT2D eigenvalue weighted by Crippen LogP contribution is 2.20. The first kappa shape index (κ1) is 15.0. The van der Waals surface area contributed by atoms with Crippen molar-refractivity contribution in [2.75, 3.05) is 6.54 Å². The van der Waals surface area contributed by atoms with Crippen molar-refractivity contribution in [2.45, 2.75) is 26.4 Å². The van der Waals surface area contributed by atoms with Crippen LogP contribution in [0.4, 0.5) is 0 Å². The Balaban J connectivity index is 1.91. The molecule has 2 rings (SSSR count). The van der Waals surface area contributed by atoms with Crippen molar-refractivity contribution in [3.8, 4) is 0 Å². The van der Waals surface area contributed by atoms with Crippen LogP contribution in [0.3, 0.4) is 0 Å². The standard InChI is InChI=1S/C13H16ClN3O2S/c1-2-9-8-17(13(19)16-12(9)18)6-5-15-7-10-3-4-11(14)20-10/h3-4,8,15H,2,5-7H2,1H3,(H,16,18,19). The van der Waals surface area contributed by atoms with Crippen LogP contribution in [0.1, 0.15) is 17.4 Å². The maximum atomic E-state index is 11.6. The molecule has 7 heteroatoms. The zero-order valence-corrected chi connectivity index (χ0v) is 12.7. The van der Waals surface area contributed by atoms with Crippen molar-refractivity contribution in [1.82, 2.24) is 14.9 Å². The molecule has 0 bridgehead atoms. The number of nitrogens with zero attached hydrogens (tertiary/aromatic N) is 1. The van der Waals surface area contributed by atoms with Crippen LogP contribution in [-0.2, 0) is 19.5 Å². The molecule has 0 spiro atoms. The number of halogens is 1. The predicted octanol–water partition coefficient (Wildman–Crippen LogP) is 1.60. The molecule has 0 unspecified atom stereocenters. The van der Waals surface area contributed by atoms with Crippen LogP contribution in [0, 0.1) is 0 Å². The first-order valence-electron chi connectivity index (χ1n) is 6.37. The van der Waals surface area contributed by atoms with Crippen molar-refractivity contribution < 1.29 is 0 Å². The first-order chi connectivity index (χ1) is 9.60. The van der Waals surface area contributed by atoms with E-state index in [2.05, 4.69) is 10.3 Å². The van der Waals surface area contributed by atoms with Gasteiger partial charge in [-0.15, -0.1) is 11.3 Å². The van der Waals surface area contributed by atoms with Crippen molar-refractivity contribution in [1.29, 1.82) is 0 Å². The number of hydrogen-bond acceptors (Lipinski definition) is 4. The zero-order chi connectivity index (χ0) is 14.5. The van der Waals surface area contributed by atoms with Gasteiger partial charge in [0, 0.05) is 36.3 Å². The van der Waals surface area contributed by atoms with Crippen LogP contribution < -0.4 is 16.6 Å². The van der Waals surface area contributed by atoms with Gasteiger partial charge in [-0.2, -0.15) is 0 Å². The summed E-state index contributed by atoms with van der Waals surface area (Å²) in [6.07, 6.45) is 2.24. The molecule has 5 nitrogen and oxygen atoms in total. The molecule has 2 aromatic heterocycles. The van der Waals surface area contributed by atoms with E-state index in [4.69, 9.17) is 11.6 Å². The predicted molar refractivity (Wildman–Crippen MR) is 81.7 cm³/mol. The van der Waals surface area contributed by atoms with Gasteiger partial charge in [-0.25, -0.2) is 4.79 Å². The van der Waals surface area contributed by atoms with Gasteiger partial charge in [0.25, 0.3) is 5.56 Å². The average Bonchev–Trinajstić information content (AvgIpc) is 2.82. The molecule has 0 radical (unpaired) electrons. The monoisotopic (exact) mass is 313 g/mol. The minimum atomic E-state index is -0.367. The number of rotatable bonds is 6. The van der Waals surface area contributed by atoms with Crippen LogP contribution in [0.2, 0.25) is 4.34 Å². The molecule has 2 aromatic rings. The SMILES string of the molecule is CCc1cn(CCNCc2ccc(Cl)s2)c(=O)[nH]c1=O. The van der Waals surface area contributed by atoms with Crippen LogP contribution in [0.15, 0.2) is 27.9 Å². The third-order valence-electron chi connectivity index (χ3n) is 2.92. The van der Waals surface area contributed by atoms with Gasteiger partial charge in [-0.05, 0) is 18.6 Å². The summed E-state index contributed by atoms with van der Waals surface area (Å²) in [6.45, 7) is 3.76. The molecule has 0 atom stereocenters. The van der Waals surface area contributed by atoms with Crippen LogP contribution in [0.5, 0.6) is 0 Å². The summed E-state index contributed by atoms with van der Waals surface area (Å²) >= 11 is 7.38. The Hall–Kier alpha value is -1.37. The summed E-state index contributed by atoms with van der Waals surface area (Å²) in [7, 11) is 0. The normalized spacial score (nSPS) is 10.9. The van der Waals surface area contributed by atoms with Crippen LogP contribution in [-0.4, -0.2) is 16.1 Å². The van der Waals surface area contributed by atoms with Crippen molar-refractivity contribution >= 4 is 22.9 Å². The van der Waals surface area contributed by atoms with Gasteiger partial charge in [0.15, 0.2) is 0 Å². The lowest BCUT2D eigenvalue weighted by atomic mass is 10.3. The number of hydrogen-bond donors (Lipinski definition) is 2. The molecule has 0 aliphatic rings. The van der Waals surface area contributed by atoms with E-state index in [1.165, 1.54) is 15.9 Å². The van der Waals surface area contributed by atoms with E-state index in [1.54, 1.807) is 6.20 Å². The lowest BCUT2D eigenvalue weighted by Crippen LogP contribution is -2.34. The molecule has 20 heavy (non-hydrogen) atoms. The average molecular weight is 314 g/mol. The largest absolute Gasteiger partial charge is 0.328 e. The van der Waals surface area contributed by atoms with Crippen molar-refractivity contribution in [2.24, 2.45) is 0 Å². The third-order valence-corrected chi connectivity index (χ3v) is 4.15. The molecule has 0 fully saturated rings. The Labute approximate surface area is 125 Å². The fourth-order valence-corrected chi connectivity index (χ4v) is 2.89. The van der Waals surface area contributed by atoms with Gasteiger partial charge in [0.1, 0.15) is 0 Å². The Morgan fingerprint density at radius 3 is 2.85 bits per heavy atom. The van der Waals surface area contributed by atoms with E-state index in [1.807, 2.05) is 19.1 Å². The van der Waals surface area contributed by atoms with Gasteiger partial charge in [0.2, 0.25) is 0 Å². The lowest BCUT2D eigenvalue weighted by molar-refractivity contribution is 0.573. The van der Waals surface area contributed by atoms with E-state index < -0.39 is 0 Å². The summed E-state index contributed by atoms with van der Waals surface area (Å²) in [5.41, 5.74) is -0.0438. The summed E-state index contributed by atoms with van der Waals surface area (Å²) in [5, 5.41) is 3.24. The first-order valence-corrected chi connectivity index (χ1v) is 7.57. The van der Waals surface area contributed by atoms with E-state index in [-0.39, 0.29) is 11.2 Å². The topological polar surface area (TPSA) is 66.9 Å². The van der Waals surface area contributed by atoms with Gasteiger partial charge in [0.05, 0.1) is 4.34 Å². The van der Waals surface area contributed by atoms with Gasteiger partial charge < -0.3 is 5.32 Å². The molecular formula is C13H16ClN3O2S. The van der Waals surface area contributed by atoms with Crippen LogP contribution in [0.25, 0.3) is 0 Å². The quantitative estimate of drug-likeness (QED) is 0.796. The molecule has 0 aliphatic carbocycles. The Morgan fingerprint density at radius 1 is 1.40 bits per heavy atom. The highest BCUT2D eigenvalue weighted by atomic mass is 35.5. The summed E-state index contributed by atoms with van der Waals surface area (Å²) in [6, 6.07) is 3.84. The molecule has 0 amide bonds. The smallest absolute Gasteiger partial charge is 0.310 e. The number of nitrogens with one attached hydrogen (secondary N) is 2. The zero-order valence-electron chi connectivity index (χ0n) is 11.1. The Morgan fingerprint density at radius 2 is 2.20 bits per heavy atom. The number of aromatic nitrogens is 2. The molecule has 0 saturated heterocycles. The second kappa shape index (κ2) is 6.88. The molecule has 2 heterocycles. The molecule has 0 aromatic carbocycles. The number of aryl methyl sites for hydroxylation is 1. The van der Waals surface area contributed by atoms with Gasteiger partial charge in [-0.1, -0.05) is 18.5 Å². The summed E-state index contributed by atoms with van der Waals surface area (Å²) in [5.74, 6) is 0. The number of thiophene rings is 1. The summed E-state index contributed by atoms with van der Waals surface area (Å²) in [4.78, 5) is 26.6.